The maximum Gasteiger partial charge on any atom is 0.337 e. The van der Waals surface area contributed by atoms with Gasteiger partial charge in [-0.15, -0.1) is 12.4 Å². The Balaban J connectivity index is 0.00000400. The van der Waals surface area contributed by atoms with E-state index in [0.717, 1.165) is 11.1 Å². The predicted molar refractivity (Wildman–Crippen MR) is 146 cm³/mol. The van der Waals surface area contributed by atoms with Crippen molar-refractivity contribution in [3.05, 3.63) is 76.3 Å². The lowest BCUT2D eigenvalue weighted by Crippen LogP contribution is -2.40. The number of rotatable bonds is 8. The first-order chi connectivity index (χ1) is 17.7. The Labute approximate surface area is 232 Å². The van der Waals surface area contributed by atoms with E-state index in [0.29, 0.717) is 36.0 Å². The standard InChI is InChI=1S/C27H29ClN4O5.ClH/c1-3-16(17-4-6-21(27(35)36)22(29)12-17)13-25(33)32-15-24-30-8-9-31(24)14-19(26(32)34)10-18-11-20(28)5-7-23(18)37-2;/h4-9,11-12,16,19H,3,10,13-15,29H2,1-2H3,(H,35,36);1H/t16-,19?;/m0./s1. The van der Waals surface area contributed by atoms with E-state index in [1.165, 1.54) is 11.0 Å². The summed E-state index contributed by atoms with van der Waals surface area (Å²) in [6.07, 6.45) is 4.49. The van der Waals surface area contributed by atoms with Gasteiger partial charge in [0.1, 0.15) is 11.6 Å². The molecule has 1 aliphatic rings. The Kier molecular flexibility index (Phi) is 9.40. The fraction of sp³-hybridized carbons (Fsp3) is 0.333. The summed E-state index contributed by atoms with van der Waals surface area (Å²) in [5, 5.41) is 9.80. The van der Waals surface area contributed by atoms with Gasteiger partial charge in [-0.05, 0) is 60.2 Å². The highest BCUT2D eigenvalue weighted by Crippen LogP contribution is 2.31. The number of amides is 2. The van der Waals surface area contributed by atoms with Gasteiger partial charge in [0.15, 0.2) is 0 Å². The molecular formula is C27H30Cl2N4O5. The van der Waals surface area contributed by atoms with E-state index in [2.05, 4.69) is 4.98 Å². The van der Waals surface area contributed by atoms with Crippen molar-refractivity contribution in [3.63, 3.8) is 0 Å². The Morgan fingerprint density at radius 2 is 2.03 bits per heavy atom. The number of anilines is 1. The van der Waals surface area contributed by atoms with Crippen molar-refractivity contribution < 1.29 is 24.2 Å². The van der Waals surface area contributed by atoms with Gasteiger partial charge in [-0.1, -0.05) is 24.6 Å². The molecule has 2 heterocycles. The van der Waals surface area contributed by atoms with Crippen molar-refractivity contribution >= 4 is 47.5 Å². The van der Waals surface area contributed by atoms with Gasteiger partial charge in [0.25, 0.3) is 0 Å². The molecular weight excluding hydrogens is 531 g/mol. The zero-order valence-electron chi connectivity index (χ0n) is 21.1. The average Bonchev–Trinajstić information content (AvgIpc) is 3.26. The van der Waals surface area contributed by atoms with Crippen LogP contribution in [0.2, 0.25) is 5.02 Å². The van der Waals surface area contributed by atoms with Crippen molar-refractivity contribution in [2.75, 3.05) is 12.8 Å². The van der Waals surface area contributed by atoms with Crippen molar-refractivity contribution in [1.29, 1.82) is 0 Å². The maximum atomic E-state index is 13.7. The number of carbonyl (C=O) groups excluding carboxylic acids is 2. The van der Waals surface area contributed by atoms with Crippen molar-refractivity contribution in [3.8, 4) is 5.75 Å². The van der Waals surface area contributed by atoms with Crippen LogP contribution in [-0.4, -0.2) is 44.5 Å². The number of carboxylic acids is 1. The number of aromatic nitrogens is 2. The van der Waals surface area contributed by atoms with Crippen molar-refractivity contribution in [2.45, 2.75) is 45.2 Å². The highest BCUT2D eigenvalue weighted by atomic mass is 35.5. The normalized spacial score (nSPS) is 15.7. The second-order valence-corrected chi connectivity index (χ2v) is 9.57. The number of hydrogen-bond donors (Lipinski definition) is 2. The van der Waals surface area contributed by atoms with Gasteiger partial charge in [-0.25, -0.2) is 9.78 Å². The van der Waals surface area contributed by atoms with Crippen LogP contribution < -0.4 is 10.5 Å². The molecule has 1 aliphatic heterocycles. The number of fused-ring (bicyclic) bond motifs is 1. The molecule has 0 saturated carbocycles. The maximum absolute atomic E-state index is 13.7. The minimum atomic E-state index is -1.11. The van der Waals surface area contributed by atoms with Crippen LogP contribution in [0.1, 0.15) is 53.0 Å². The number of ether oxygens (including phenoxy) is 1. The number of nitrogens with two attached hydrogens (primary N) is 1. The number of halogens is 2. The highest BCUT2D eigenvalue weighted by molar-refractivity contribution is 6.30. The van der Waals surface area contributed by atoms with Crippen LogP contribution in [0.25, 0.3) is 0 Å². The molecule has 0 spiro atoms. The molecule has 11 heteroatoms. The molecule has 2 aromatic carbocycles. The summed E-state index contributed by atoms with van der Waals surface area (Å²) >= 11 is 6.21. The summed E-state index contributed by atoms with van der Waals surface area (Å²) in [5.41, 5.74) is 7.62. The van der Waals surface area contributed by atoms with Gasteiger partial charge in [0.05, 0.1) is 25.1 Å². The number of methoxy groups -OCH3 is 1. The summed E-state index contributed by atoms with van der Waals surface area (Å²) in [7, 11) is 1.56. The third kappa shape index (κ3) is 6.11. The van der Waals surface area contributed by atoms with Crippen LogP contribution in [0.3, 0.4) is 0 Å². The van der Waals surface area contributed by atoms with Gasteiger partial charge in [-0.3, -0.25) is 14.5 Å². The lowest BCUT2D eigenvalue weighted by atomic mass is 9.91. The number of benzene rings is 2. The Morgan fingerprint density at radius 1 is 1.26 bits per heavy atom. The Morgan fingerprint density at radius 3 is 2.68 bits per heavy atom. The molecule has 0 radical (unpaired) electrons. The number of nitrogen functional groups attached to an aromatic ring is 1. The third-order valence-corrected chi connectivity index (χ3v) is 7.07. The SMILES string of the molecule is CC[C@@H](CC(=O)N1Cc2nccn2CC(Cc2cc(Cl)ccc2OC)C1=O)c1ccc(C(=O)O)c(N)c1.Cl. The Bertz CT molecular complexity index is 1340. The topological polar surface area (TPSA) is 128 Å². The largest absolute Gasteiger partial charge is 0.496 e. The number of nitrogens with zero attached hydrogens (tertiary/aromatic N) is 3. The number of hydrogen-bond acceptors (Lipinski definition) is 6. The quantitative estimate of drug-likeness (QED) is 0.386. The molecule has 9 nitrogen and oxygen atoms in total. The van der Waals surface area contributed by atoms with Crippen LogP contribution in [-0.2, 0) is 29.1 Å². The van der Waals surface area contributed by atoms with Gasteiger partial charge < -0.3 is 20.1 Å². The number of aromatic carboxylic acids is 1. The van der Waals surface area contributed by atoms with E-state index in [1.54, 1.807) is 49.8 Å². The molecule has 3 aromatic rings. The van der Waals surface area contributed by atoms with E-state index in [9.17, 15) is 19.5 Å². The molecule has 0 aliphatic carbocycles. The van der Waals surface area contributed by atoms with Gasteiger partial charge in [0.2, 0.25) is 11.8 Å². The first-order valence-electron chi connectivity index (χ1n) is 12.0. The summed E-state index contributed by atoms with van der Waals surface area (Å²) < 4.78 is 7.37. The van der Waals surface area contributed by atoms with Crippen LogP contribution in [0.15, 0.2) is 48.8 Å². The molecule has 0 bridgehead atoms. The van der Waals surface area contributed by atoms with E-state index in [1.807, 2.05) is 11.5 Å². The molecule has 3 N–H and O–H groups in total. The van der Waals surface area contributed by atoms with E-state index < -0.39 is 11.9 Å². The molecule has 1 aromatic heterocycles. The minimum Gasteiger partial charge on any atom is -0.496 e. The minimum absolute atomic E-state index is 0. The van der Waals surface area contributed by atoms with E-state index in [-0.39, 0.29) is 54.4 Å². The first kappa shape index (κ1) is 29.0. The molecule has 0 saturated heterocycles. The Hall–Kier alpha value is -3.56. The zero-order valence-corrected chi connectivity index (χ0v) is 22.7. The number of imide groups is 1. The molecule has 2 amide bonds. The summed E-state index contributed by atoms with van der Waals surface area (Å²) in [5.74, 6) is -1.23. The second kappa shape index (κ2) is 12.3. The van der Waals surface area contributed by atoms with Crippen LogP contribution in [0, 0.1) is 5.92 Å². The monoisotopic (exact) mass is 560 g/mol. The fourth-order valence-corrected chi connectivity index (χ4v) is 4.99. The smallest absolute Gasteiger partial charge is 0.337 e. The van der Waals surface area contributed by atoms with E-state index in [4.69, 9.17) is 22.1 Å². The van der Waals surface area contributed by atoms with Crippen LogP contribution in [0.5, 0.6) is 5.75 Å². The van der Waals surface area contributed by atoms with Crippen LogP contribution >= 0.6 is 24.0 Å². The number of imidazole rings is 1. The molecule has 4 rings (SSSR count). The predicted octanol–water partition coefficient (Wildman–Crippen LogP) is 4.56. The lowest BCUT2D eigenvalue weighted by Gasteiger charge is -2.25. The highest BCUT2D eigenvalue weighted by Gasteiger charge is 2.35. The van der Waals surface area contributed by atoms with Crippen molar-refractivity contribution in [2.24, 2.45) is 5.92 Å². The number of carbonyl (C=O) groups is 3. The van der Waals surface area contributed by atoms with Gasteiger partial charge in [-0.2, -0.15) is 0 Å². The van der Waals surface area contributed by atoms with Crippen LogP contribution in [0.4, 0.5) is 5.69 Å². The summed E-state index contributed by atoms with van der Waals surface area (Å²) in [6.45, 7) is 2.38. The van der Waals surface area contributed by atoms with Crippen molar-refractivity contribution in [1.82, 2.24) is 14.5 Å². The molecule has 0 fully saturated rings. The molecule has 38 heavy (non-hydrogen) atoms. The summed E-state index contributed by atoms with van der Waals surface area (Å²) in [4.78, 5) is 44.3. The molecule has 2 atom stereocenters. The zero-order chi connectivity index (χ0) is 26.7. The number of carboxylic acid groups (broad SMARTS) is 1. The lowest BCUT2D eigenvalue weighted by molar-refractivity contribution is -0.148. The molecule has 1 unspecified atom stereocenters. The van der Waals surface area contributed by atoms with E-state index >= 15 is 0 Å². The first-order valence-corrected chi connectivity index (χ1v) is 12.4. The second-order valence-electron chi connectivity index (χ2n) is 9.13. The summed E-state index contributed by atoms with van der Waals surface area (Å²) in [6, 6.07) is 9.98. The third-order valence-electron chi connectivity index (χ3n) is 6.83. The van der Waals surface area contributed by atoms with Gasteiger partial charge in [0, 0.05) is 36.1 Å². The fourth-order valence-electron chi connectivity index (χ4n) is 4.80. The van der Waals surface area contributed by atoms with Gasteiger partial charge >= 0.3 is 5.97 Å². The average molecular weight is 561 g/mol. The molecule has 202 valence electrons.